The van der Waals surface area contributed by atoms with E-state index in [-0.39, 0.29) is 18.6 Å². The van der Waals surface area contributed by atoms with E-state index in [0.29, 0.717) is 13.2 Å². The van der Waals surface area contributed by atoms with Crippen LogP contribution in [-0.4, -0.2) is 38.3 Å². The van der Waals surface area contributed by atoms with Crippen LogP contribution in [0.5, 0.6) is 5.75 Å². The SMILES string of the molecule is CCCOc1cccc(NCC(=O)NCC2CCCO2)c1. The molecule has 2 N–H and O–H groups in total. The van der Waals surface area contributed by atoms with Gasteiger partial charge >= 0.3 is 0 Å². The molecule has 5 heteroatoms. The van der Waals surface area contributed by atoms with E-state index in [1.165, 1.54) is 0 Å². The molecule has 116 valence electrons. The number of hydrogen-bond donors (Lipinski definition) is 2. The number of amides is 1. The average Bonchev–Trinajstić information content (AvgIpc) is 3.03. The van der Waals surface area contributed by atoms with E-state index in [0.717, 1.165) is 37.3 Å². The molecular weight excluding hydrogens is 268 g/mol. The second-order valence-electron chi connectivity index (χ2n) is 5.17. The molecule has 2 rings (SSSR count). The van der Waals surface area contributed by atoms with Crippen molar-refractivity contribution in [1.82, 2.24) is 5.32 Å². The predicted molar refractivity (Wildman–Crippen MR) is 82.7 cm³/mol. The summed E-state index contributed by atoms with van der Waals surface area (Å²) in [4.78, 5) is 11.8. The van der Waals surface area contributed by atoms with Crippen LogP contribution < -0.4 is 15.4 Å². The molecule has 1 unspecified atom stereocenters. The highest BCUT2D eigenvalue weighted by Gasteiger charge is 2.15. The molecule has 0 radical (unpaired) electrons. The fourth-order valence-corrected chi connectivity index (χ4v) is 2.19. The van der Waals surface area contributed by atoms with Crippen molar-refractivity contribution in [3.05, 3.63) is 24.3 Å². The molecular formula is C16H24N2O3. The minimum atomic E-state index is -0.0228. The van der Waals surface area contributed by atoms with Crippen LogP contribution >= 0.6 is 0 Å². The minimum Gasteiger partial charge on any atom is -0.494 e. The molecule has 5 nitrogen and oxygen atoms in total. The Morgan fingerprint density at radius 3 is 3.14 bits per heavy atom. The van der Waals surface area contributed by atoms with Crippen LogP contribution in [0.15, 0.2) is 24.3 Å². The molecule has 0 aliphatic carbocycles. The zero-order valence-corrected chi connectivity index (χ0v) is 12.6. The summed E-state index contributed by atoms with van der Waals surface area (Å²) in [5, 5.41) is 5.99. The van der Waals surface area contributed by atoms with Crippen molar-refractivity contribution >= 4 is 11.6 Å². The number of carbonyl (C=O) groups excluding carboxylic acids is 1. The van der Waals surface area contributed by atoms with Gasteiger partial charge in [0.05, 0.1) is 19.3 Å². The lowest BCUT2D eigenvalue weighted by molar-refractivity contribution is -0.119. The monoisotopic (exact) mass is 292 g/mol. The third-order valence-electron chi connectivity index (χ3n) is 3.31. The Morgan fingerprint density at radius 2 is 2.38 bits per heavy atom. The molecule has 1 aromatic carbocycles. The Bertz CT molecular complexity index is 445. The number of ether oxygens (including phenoxy) is 2. The molecule has 21 heavy (non-hydrogen) atoms. The van der Waals surface area contributed by atoms with E-state index in [1.807, 2.05) is 24.3 Å². The Balaban J connectivity index is 1.70. The van der Waals surface area contributed by atoms with E-state index in [4.69, 9.17) is 9.47 Å². The van der Waals surface area contributed by atoms with Crippen molar-refractivity contribution < 1.29 is 14.3 Å². The first-order chi connectivity index (χ1) is 10.3. The maximum absolute atomic E-state index is 11.8. The van der Waals surface area contributed by atoms with E-state index in [2.05, 4.69) is 17.6 Å². The largest absolute Gasteiger partial charge is 0.494 e. The highest BCUT2D eigenvalue weighted by atomic mass is 16.5. The summed E-state index contributed by atoms with van der Waals surface area (Å²) < 4.78 is 11.0. The number of carbonyl (C=O) groups is 1. The summed E-state index contributed by atoms with van der Waals surface area (Å²) in [5.41, 5.74) is 0.885. The van der Waals surface area contributed by atoms with Gasteiger partial charge in [0.2, 0.25) is 5.91 Å². The first kappa shape index (κ1) is 15.6. The molecule has 0 saturated carbocycles. The summed E-state index contributed by atoms with van der Waals surface area (Å²) in [6.45, 7) is 4.43. The Labute approximate surface area is 126 Å². The van der Waals surface area contributed by atoms with Crippen LogP contribution in [-0.2, 0) is 9.53 Å². The van der Waals surface area contributed by atoms with Crippen molar-refractivity contribution in [2.45, 2.75) is 32.3 Å². The van der Waals surface area contributed by atoms with Crippen molar-refractivity contribution in [3.63, 3.8) is 0 Å². The van der Waals surface area contributed by atoms with Crippen molar-refractivity contribution in [2.24, 2.45) is 0 Å². The summed E-state index contributed by atoms with van der Waals surface area (Å²) in [7, 11) is 0. The Kier molecular flexibility index (Phi) is 6.34. The first-order valence-corrected chi connectivity index (χ1v) is 7.63. The normalized spacial score (nSPS) is 17.5. The zero-order chi connectivity index (χ0) is 14.9. The van der Waals surface area contributed by atoms with E-state index >= 15 is 0 Å². The van der Waals surface area contributed by atoms with Gasteiger partial charge in [-0.05, 0) is 31.4 Å². The van der Waals surface area contributed by atoms with E-state index in [1.54, 1.807) is 0 Å². The minimum absolute atomic E-state index is 0.0228. The molecule has 1 saturated heterocycles. The number of hydrogen-bond acceptors (Lipinski definition) is 4. The summed E-state index contributed by atoms with van der Waals surface area (Å²) in [6.07, 6.45) is 3.27. The Morgan fingerprint density at radius 1 is 1.48 bits per heavy atom. The number of anilines is 1. The van der Waals surface area contributed by atoms with Gasteiger partial charge in [0.15, 0.2) is 0 Å². The first-order valence-electron chi connectivity index (χ1n) is 7.63. The highest BCUT2D eigenvalue weighted by Crippen LogP contribution is 2.17. The van der Waals surface area contributed by atoms with Crippen LogP contribution in [0.4, 0.5) is 5.69 Å². The van der Waals surface area contributed by atoms with Gasteiger partial charge in [-0.3, -0.25) is 4.79 Å². The van der Waals surface area contributed by atoms with Gasteiger partial charge in [-0.1, -0.05) is 13.0 Å². The fraction of sp³-hybridized carbons (Fsp3) is 0.562. The van der Waals surface area contributed by atoms with Crippen LogP contribution in [0.3, 0.4) is 0 Å². The summed E-state index contributed by atoms with van der Waals surface area (Å²) >= 11 is 0. The number of rotatable bonds is 8. The molecule has 0 spiro atoms. The Hall–Kier alpha value is -1.75. The molecule has 0 bridgehead atoms. The number of nitrogens with one attached hydrogen (secondary N) is 2. The lowest BCUT2D eigenvalue weighted by Crippen LogP contribution is -2.35. The van der Waals surface area contributed by atoms with Gasteiger partial charge in [-0.2, -0.15) is 0 Å². The van der Waals surface area contributed by atoms with Crippen LogP contribution in [0.1, 0.15) is 26.2 Å². The maximum atomic E-state index is 11.8. The third-order valence-corrected chi connectivity index (χ3v) is 3.31. The standard InChI is InChI=1S/C16H24N2O3/c1-2-8-20-14-6-3-5-13(10-14)17-12-16(19)18-11-15-7-4-9-21-15/h3,5-6,10,15,17H,2,4,7-9,11-12H2,1H3,(H,18,19). The molecule has 1 aliphatic rings. The molecule has 1 amide bonds. The van der Waals surface area contributed by atoms with E-state index in [9.17, 15) is 4.79 Å². The van der Waals surface area contributed by atoms with Crippen LogP contribution in [0.25, 0.3) is 0 Å². The van der Waals surface area contributed by atoms with Crippen molar-refractivity contribution in [3.8, 4) is 5.75 Å². The molecule has 1 heterocycles. The van der Waals surface area contributed by atoms with Crippen LogP contribution in [0, 0.1) is 0 Å². The zero-order valence-electron chi connectivity index (χ0n) is 12.6. The summed E-state index contributed by atoms with van der Waals surface area (Å²) in [6, 6.07) is 7.66. The lowest BCUT2D eigenvalue weighted by atomic mass is 10.2. The third kappa shape index (κ3) is 5.63. The molecule has 1 fully saturated rings. The quantitative estimate of drug-likeness (QED) is 0.771. The maximum Gasteiger partial charge on any atom is 0.239 e. The molecule has 0 aromatic heterocycles. The molecule has 1 aromatic rings. The number of benzene rings is 1. The smallest absolute Gasteiger partial charge is 0.239 e. The van der Waals surface area contributed by atoms with E-state index < -0.39 is 0 Å². The van der Waals surface area contributed by atoms with Gasteiger partial charge in [0.25, 0.3) is 0 Å². The van der Waals surface area contributed by atoms with Gasteiger partial charge in [0, 0.05) is 24.9 Å². The summed E-state index contributed by atoms with van der Waals surface area (Å²) in [5.74, 6) is 0.798. The van der Waals surface area contributed by atoms with Gasteiger partial charge < -0.3 is 20.1 Å². The van der Waals surface area contributed by atoms with Gasteiger partial charge in [-0.15, -0.1) is 0 Å². The lowest BCUT2D eigenvalue weighted by Gasteiger charge is -2.12. The van der Waals surface area contributed by atoms with Crippen molar-refractivity contribution in [1.29, 1.82) is 0 Å². The van der Waals surface area contributed by atoms with Crippen LogP contribution in [0.2, 0.25) is 0 Å². The highest BCUT2D eigenvalue weighted by molar-refractivity contribution is 5.80. The molecule has 1 atom stereocenters. The average molecular weight is 292 g/mol. The second-order valence-corrected chi connectivity index (χ2v) is 5.17. The van der Waals surface area contributed by atoms with Gasteiger partial charge in [0.1, 0.15) is 5.75 Å². The predicted octanol–water partition coefficient (Wildman–Crippen LogP) is 2.18. The topological polar surface area (TPSA) is 59.6 Å². The fourth-order valence-electron chi connectivity index (χ4n) is 2.19. The molecule has 1 aliphatic heterocycles. The second kappa shape index (κ2) is 8.52. The van der Waals surface area contributed by atoms with Gasteiger partial charge in [-0.25, -0.2) is 0 Å². The van der Waals surface area contributed by atoms with Crippen molar-refractivity contribution in [2.75, 3.05) is 31.6 Å².